The van der Waals surface area contributed by atoms with E-state index in [1.54, 1.807) is 0 Å². The maximum Gasteiger partial charge on any atom is 1.00 e. The fraction of sp³-hybridized carbons (Fsp3) is 0.125. The van der Waals surface area contributed by atoms with Crippen molar-refractivity contribution < 1.29 is 57.1 Å². The largest absolute Gasteiger partial charge is 1.00 e. The zero-order chi connectivity index (χ0) is 8.55. The van der Waals surface area contributed by atoms with Gasteiger partial charge in [-0.05, 0) is 5.97 Å². The van der Waals surface area contributed by atoms with Crippen LogP contribution in [0.4, 0.5) is 0 Å². The number of carbonyl (C=O) groups is 1. The quantitative estimate of drug-likeness (QED) is 0.317. The maximum atomic E-state index is 10.4. The van der Waals surface area contributed by atoms with Crippen molar-refractivity contribution in [3.05, 3.63) is 23.8 Å². The predicted octanol–water partition coefficient (Wildman–Crippen LogP) is -6.41. The first-order valence-corrected chi connectivity index (χ1v) is 3.30. The Labute approximate surface area is 105 Å². The molecule has 0 aromatic heterocycles. The number of fused-ring (bicyclic) bond motifs is 1. The van der Waals surface area contributed by atoms with Gasteiger partial charge in [0.1, 0.15) is 0 Å². The Morgan fingerprint density at radius 3 is 2.64 bits per heavy atom. The van der Waals surface area contributed by atoms with Crippen molar-refractivity contribution in [3.8, 4) is 11.5 Å². The molecule has 0 amide bonds. The number of rotatable bonds is 1. The SMILES string of the molecule is O=C([O-])c1[c-]cc2c(c1)OCO2.[Li+].[Li+]. The van der Waals surface area contributed by atoms with Crippen molar-refractivity contribution in [2.45, 2.75) is 0 Å². The monoisotopic (exact) mass is 178 g/mol. The van der Waals surface area contributed by atoms with Gasteiger partial charge in [0.05, 0.1) is 11.5 Å². The van der Waals surface area contributed by atoms with Crippen molar-refractivity contribution in [1.29, 1.82) is 0 Å². The van der Waals surface area contributed by atoms with E-state index >= 15 is 0 Å². The standard InChI is InChI=1S/C8H5O4.2Li/c9-8(10)5-1-2-6-7(3-5)12-4-11-6;;/h2-3H,4H2,(H,9,10);;/q-1;2*+1/p-1. The smallest absolute Gasteiger partial charge is 0.603 e. The first kappa shape index (κ1) is 13.5. The number of hydrogen-bond acceptors (Lipinski definition) is 4. The summed E-state index contributed by atoms with van der Waals surface area (Å²) in [6.45, 7) is 0.125. The van der Waals surface area contributed by atoms with Crippen LogP contribution in [0.1, 0.15) is 10.4 Å². The van der Waals surface area contributed by atoms with Crippen LogP contribution in [0.25, 0.3) is 0 Å². The molecule has 1 heterocycles. The summed E-state index contributed by atoms with van der Waals surface area (Å²) >= 11 is 0. The van der Waals surface area contributed by atoms with Crippen molar-refractivity contribution in [2.75, 3.05) is 6.79 Å². The summed E-state index contributed by atoms with van der Waals surface area (Å²) in [5.41, 5.74) is -0.0285. The Balaban J connectivity index is 0.000000845. The third-order valence-corrected chi connectivity index (χ3v) is 1.53. The third kappa shape index (κ3) is 2.50. The van der Waals surface area contributed by atoms with Crippen LogP contribution in [0.5, 0.6) is 11.5 Å². The van der Waals surface area contributed by atoms with Crippen molar-refractivity contribution >= 4 is 5.97 Å². The summed E-state index contributed by atoms with van der Waals surface area (Å²) < 4.78 is 9.92. The molecule has 1 aromatic carbocycles. The zero-order valence-corrected chi connectivity index (χ0v) is 7.99. The number of benzene rings is 1. The molecule has 1 aliphatic rings. The minimum absolute atomic E-state index is 0. The van der Waals surface area contributed by atoms with Crippen LogP contribution in [0, 0.1) is 6.07 Å². The average molecular weight is 178 g/mol. The second-order valence-electron chi connectivity index (χ2n) is 2.27. The van der Waals surface area contributed by atoms with Gasteiger partial charge in [0.2, 0.25) is 6.79 Å². The van der Waals surface area contributed by atoms with Crippen molar-refractivity contribution in [2.24, 2.45) is 0 Å². The van der Waals surface area contributed by atoms with Crippen molar-refractivity contribution in [3.63, 3.8) is 0 Å². The van der Waals surface area contributed by atoms with Gasteiger partial charge >= 0.3 is 37.7 Å². The molecule has 0 fully saturated rings. The van der Waals surface area contributed by atoms with Crippen LogP contribution < -0.4 is 52.3 Å². The first-order valence-electron chi connectivity index (χ1n) is 3.30. The summed E-state index contributed by atoms with van der Waals surface area (Å²) in [5.74, 6) is -0.332. The summed E-state index contributed by atoms with van der Waals surface area (Å²) in [7, 11) is 0. The van der Waals surface area contributed by atoms with Gasteiger partial charge in [0, 0.05) is 0 Å². The van der Waals surface area contributed by atoms with Crippen LogP contribution in [0.2, 0.25) is 0 Å². The van der Waals surface area contributed by atoms with Gasteiger partial charge in [-0.15, -0.1) is 17.7 Å². The van der Waals surface area contributed by atoms with Gasteiger partial charge in [-0.3, -0.25) is 0 Å². The molecule has 0 unspecified atom stereocenters. The Bertz CT molecular complexity index is 340. The molecule has 6 heteroatoms. The molecule has 0 aliphatic carbocycles. The topological polar surface area (TPSA) is 58.6 Å². The van der Waals surface area contributed by atoms with Gasteiger partial charge in [0.15, 0.2) is 0 Å². The second kappa shape index (κ2) is 5.39. The van der Waals surface area contributed by atoms with Gasteiger partial charge < -0.3 is 19.4 Å². The minimum atomic E-state index is -1.27. The molecule has 1 aromatic rings. The van der Waals surface area contributed by atoms with Crippen LogP contribution in [-0.2, 0) is 0 Å². The third-order valence-electron chi connectivity index (χ3n) is 1.53. The van der Waals surface area contributed by atoms with E-state index in [1.165, 1.54) is 12.1 Å². The molecular weight excluding hydrogens is 174 g/mol. The zero-order valence-electron chi connectivity index (χ0n) is 7.99. The number of ether oxygens (including phenoxy) is 2. The Hall–Kier alpha value is -0.515. The van der Waals surface area contributed by atoms with E-state index in [-0.39, 0.29) is 50.1 Å². The molecule has 14 heavy (non-hydrogen) atoms. The van der Waals surface area contributed by atoms with Crippen LogP contribution in [0.3, 0.4) is 0 Å². The fourth-order valence-electron chi connectivity index (χ4n) is 0.958. The molecule has 2 rings (SSSR count). The second-order valence-corrected chi connectivity index (χ2v) is 2.27. The van der Waals surface area contributed by atoms with E-state index in [9.17, 15) is 9.90 Å². The van der Waals surface area contributed by atoms with E-state index in [0.717, 1.165) is 0 Å². The van der Waals surface area contributed by atoms with E-state index < -0.39 is 5.97 Å². The molecule has 1 aliphatic heterocycles. The Kier molecular flexibility index (Phi) is 5.19. The summed E-state index contributed by atoms with van der Waals surface area (Å²) in [6.07, 6.45) is 0. The van der Waals surface area contributed by atoms with Crippen molar-refractivity contribution in [1.82, 2.24) is 0 Å². The molecular formula is C8H4Li2O4. The van der Waals surface area contributed by atoms with Crippen LogP contribution in [-0.4, -0.2) is 12.8 Å². The van der Waals surface area contributed by atoms with Gasteiger partial charge in [-0.25, -0.2) is 0 Å². The average Bonchev–Trinajstić information content (AvgIpc) is 2.49. The Morgan fingerprint density at radius 1 is 1.36 bits per heavy atom. The number of carboxylic acids is 1. The van der Waals surface area contributed by atoms with E-state index in [1.807, 2.05) is 0 Å². The predicted molar refractivity (Wildman–Crippen MR) is 35.7 cm³/mol. The molecule has 4 nitrogen and oxygen atoms in total. The van der Waals surface area contributed by atoms with Crippen LogP contribution in [0.15, 0.2) is 12.1 Å². The molecule has 0 N–H and O–H groups in total. The molecule has 0 bridgehead atoms. The van der Waals surface area contributed by atoms with E-state index in [0.29, 0.717) is 11.5 Å². The molecule has 0 atom stereocenters. The molecule has 0 saturated heterocycles. The van der Waals surface area contributed by atoms with Gasteiger partial charge in [-0.1, -0.05) is 6.07 Å². The number of hydrogen-bond donors (Lipinski definition) is 0. The summed E-state index contributed by atoms with van der Waals surface area (Å²) in [4.78, 5) is 10.4. The molecule has 0 radical (unpaired) electrons. The van der Waals surface area contributed by atoms with Gasteiger partial charge in [-0.2, -0.15) is 0 Å². The number of carboxylic acid groups (broad SMARTS) is 1. The summed E-state index contributed by atoms with van der Waals surface area (Å²) in [6, 6.07) is 5.26. The van der Waals surface area contributed by atoms with E-state index in [2.05, 4.69) is 6.07 Å². The summed E-state index contributed by atoms with van der Waals surface area (Å²) in [5, 5.41) is 10.4. The minimum Gasteiger partial charge on any atom is -0.603 e. The van der Waals surface area contributed by atoms with Crippen LogP contribution >= 0.6 is 0 Å². The maximum absolute atomic E-state index is 10.4. The normalized spacial score (nSPS) is 11.1. The number of carbonyl (C=O) groups excluding carboxylic acids is 1. The Morgan fingerprint density at radius 2 is 2.00 bits per heavy atom. The first-order chi connectivity index (χ1) is 5.77. The molecule has 0 saturated carbocycles. The van der Waals surface area contributed by atoms with Gasteiger partial charge in [0.25, 0.3) is 0 Å². The number of aromatic carboxylic acids is 1. The van der Waals surface area contributed by atoms with E-state index in [4.69, 9.17) is 9.47 Å². The molecule has 0 spiro atoms. The fourth-order valence-corrected chi connectivity index (χ4v) is 0.958. The molecule has 62 valence electrons.